The lowest BCUT2D eigenvalue weighted by molar-refractivity contribution is 0.274. The topological polar surface area (TPSA) is 85.9 Å². The number of aromatic nitrogens is 5. The molecule has 2 aromatic heterocycles. The number of rotatable bonds is 3. The summed E-state index contributed by atoms with van der Waals surface area (Å²) < 4.78 is 28.7. The van der Waals surface area contributed by atoms with Gasteiger partial charge in [0.15, 0.2) is 0 Å². The van der Waals surface area contributed by atoms with Crippen molar-refractivity contribution in [3.63, 3.8) is 0 Å². The van der Waals surface area contributed by atoms with Crippen LogP contribution in [0.25, 0.3) is 0 Å². The van der Waals surface area contributed by atoms with Crippen LogP contribution in [-0.4, -0.2) is 49.8 Å². The molecule has 0 aliphatic carbocycles. The molecule has 108 valence electrons. The highest BCUT2D eigenvalue weighted by molar-refractivity contribution is 7.88. The van der Waals surface area contributed by atoms with Gasteiger partial charge in [-0.1, -0.05) is 0 Å². The van der Waals surface area contributed by atoms with Crippen LogP contribution in [0, 0.1) is 0 Å². The van der Waals surface area contributed by atoms with E-state index in [2.05, 4.69) is 19.6 Å². The van der Waals surface area contributed by atoms with Crippen molar-refractivity contribution in [2.45, 2.75) is 26.1 Å². The second kappa shape index (κ2) is 4.67. The lowest BCUT2D eigenvalue weighted by atomic mass is 10.2. The van der Waals surface area contributed by atoms with Gasteiger partial charge in [0.25, 0.3) is 0 Å². The molecule has 8 nitrogen and oxygen atoms in total. The van der Waals surface area contributed by atoms with Crippen molar-refractivity contribution in [2.24, 2.45) is 0 Å². The summed E-state index contributed by atoms with van der Waals surface area (Å²) in [4.78, 5) is 8.29. The Balaban J connectivity index is 1.91. The van der Waals surface area contributed by atoms with Gasteiger partial charge in [-0.25, -0.2) is 23.1 Å². The molecule has 2 aromatic rings. The van der Waals surface area contributed by atoms with E-state index in [0.717, 1.165) is 11.5 Å². The number of fused-ring (bicyclic) bond motifs is 1. The van der Waals surface area contributed by atoms with Crippen LogP contribution in [0.2, 0.25) is 0 Å². The maximum absolute atomic E-state index is 11.7. The van der Waals surface area contributed by atoms with Crippen LogP contribution >= 0.6 is 0 Å². The van der Waals surface area contributed by atoms with Crippen LogP contribution in [0.15, 0.2) is 18.9 Å². The fraction of sp³-hybridized carbons (Fsp3) is 0.545. The Kier molecular flexibility index (Phi) is 3.09. The largest absolute Gasteiger partial charge is 0.328 e. The minimum Gasteiger partial charge on any atom is -0.328 e. The van der Waals surface area contributed by atoms with Crippen molar-refractivity contribution in [3.05, 3.63) is 30.4 Å². The lowest BCUT2D eigenvalue weighted by Gasteiger charge is -2.32. The standard InChI is InChI=1S/C11H16N6O2S/c1-9-11-13-5-10(6-15-8-12-7-14-15)16(11)3-4-17(9)20(2,18)19/h5,7-9H,3-4,6H2,1-2H3. The Morgan fingerprint density at radius 3 is 2.85 bits per heavy atom. The van der Waals surface area contributed by atoms with Gasteiger partial charge in [-0.05, 0) is 6.92 Å². The molecule has 0 spiro atoms. The molecule has 0 aromatic carbocycles. The third-order valence-electron chi connectivity index (χ3n) is 3.54. The van der Waals surface area contributed by atoms with Gasteiger partial charge in [0.2, 0.25) is 10.0 Å². The highest BCUT2D eigenvalue weighted by Gasteiger charge is 2.32. The molecule has 0 saturated carbocycles. The summed E-state index contributed by atoms with van der Waals surface area (Å²) in [5.74, 6) is 0.775. The average molecular weight is 296 g/mol. The Morgan fingerprint density at radius 1 is 1.40 bits per heavy atom. The van der Waals surface area contributed by atoms with Crippen LogP contribution in [-0.2, 0) is 23.1 Å². The molecule has 1 aliphatic heterocycles. The van der Waals surface area contributed by atoms with E-state index in [-0.39, 0.29) is 6.04 Å². The van der Waals surface area contributed by atoms with Gasteiger partial charge in [-0.2, -0.15) is 9.40 Å². The maximum atomic E-state index is 11.7. The Morgan fingerprint density at radius 2 is 2.20 bits per heavy atom. The van der Waals surface area contributed by atoms with Crippen LogP contribution in [0.1, 0.15) is 24.5 Å². The highest BCUT2D eigenvalue weighted by atomic mass is 32.2. The smallest absolute Gasteiger partial charge is 0.211 e. The predicted molar refractivity (Wildman–Crippen MR) is 71.3 cm³/mol. The van der Waals surface area contributed by atoms with E-state index in [1.54, 1.807) is 17.2 Å². The molecule has 0 N–H and O–H groups in total. The van der Waals surface area contributed by atoms with E-state index >= 15 is 0 Å². The summed E-state index contributed by atoms with van der Waals surface area (Å²) in [6.07, 6.45) is 6.15. The van der Waals surface area contributed by atoms with E-state index in [1.807, 2.05) is 6.92 Å². The Bertz CT molecular complexity index is 705. The summed E-state index contributed by atoms with van der Waals surface area (Å²) in [6, 6.07) is -0.247. The second-order valence-electron chi connectivity index (χ2n) is 4.90. The van der Waals surface area contributed by atoms with Crippen molar-refractivity contribution in [3.8, 4) is 0 Å². The molecular weight excluding hydrogens is 280 g/mol. The zero-order chi connectivity index (χ0) is 14.3. The van der Waals surface area contributed by atoms with Crippen molar-refractivity contribution < 1.29 is 8.42 Å². The summed E-state index contributed by atoms with van der Waals surface area (Å²) in [7, 11) is -3.21. The molecule has 1 aliphatic rings. The van der Waals surface area contributed by atoms with E-state index in [0.29, 0.717) is 19.6 Å². The van der Waals surface area contributed by atoms with Crippen LogP contribution < -0.4 is 0 Å². The lowest BCUT2D eigenvalue weighted by Crippen LogP contribution is -2.41. The molecule has 1 atom stereocenters. The first-order valence-corrected chi connectivity index (χ1v) is 8.15. The van der Waals surface area contributed by atoms with Gasteiger partial charge < -0.3 is 4.57 Å². The van der Waals surface area contributed by atoms with Crippen molar-refractivity contribution >= 4 is 10.0 Å². The van der Waals surface area contributed by atoms with Gasteiger partial charge >= 0.3 is 0 Å². The molecule has 9 heteroatoms. The van der Waals surface area contributed by atoms with Gasteiger partial charge in [-0.15, -0.1) is 0 Å². The zero-order valence-electron chi connectivity index (χ0n) is 11.3. The van der Waals surface area contributed by atoms with Gasteiger partial charge in [0.05, 0.1) is 30.7 Å². The number of hydrogen-bond donors (Lipinski definition) is 0. The Labute approximate surface area is 117 Å². The quantitative estimate of drug-likeness (QED) is 0.787. The van der Waals surface area contributed by atoms with Crippen molar-refractivity contribution in [1.82, 2.24) is 28.6 Å². The molecule has 20 heavy (non-hydrogen) atoms. The molecule has 0 amide bonds. The summed E-state index contributed by atoms with van der Waals surface area (Å²) in [5.41, 5.74) is 1.01. The molecule has 0 saturated heterocycles. The van der Waals surface area contributed by atoms with Gasteiger partial charge in [-0.3, -0.25) is 0 Å². The molecule has 3 heterocycles. The first-order chi connectivity index (χ1) is 9.47. The van der Waals surface area contributed by atoms with E-state index in [4.69, 9.17) is 0 Å². The van der Waals surface area contributed by atoms with Crippen molar-refractivity contribution in [2.75, 3.05) is 12.8 Å². The molecule has 0 bridgehead atoms. The summed E-state index contributed by atoms with van der Waals surface area (Å²) >= 11 is 0. The second-order valence-corrected chi connectivity index (χ2v) is 6.84. The van der Waals surface area contributed by atoms with Crippen molar-refractivity contribution in [1.29, 1.82) is 0 Å². The van der Waals surface area contributed by atoms with Gasteiger partial charge in [0.1, 0.15) is 18.5 Å². The maximum Gasteiger partial charge on any atom is 0.211 e. The predicted octanol–water partition coefficient (Wildman–Crippen LogP) is -0.141. The molecule has 0 radical (unpaired) electrons. The minimum absolute atomic E-state index is 0.247. The monoisotopic (exact) mass is 296 g/mol. The average Bonchev–Trinajstić information content (AvgIpc) is 2.99. The van der Waals surface area contributed by atoms with E-state index in [9.17, 15) is 8.42 Å². The molecular formula is C11H16N6O2S. The minimum atomic E-state index is -3.21. The number of nitrogens with zero attached hydrogens (tertiary/aromatic N) is 6. The van der Waals surface area contributed by atoms with E-state index in [1.165, 1.54) is 16.9 Å². The Hall–Kier alpha value is -1.74. The van der Waals surface area contributed by atoms with Crippen LogP contribution in [0.3, 0.4) is 0 Å². The number of imidazole rings is 1. The van der Waals surface area contributed by atoms with E-state index < -0.39 is 10.0 Å². The fourth-order valence-corrected chi connectivity index (χ4v) is 3.68. The summed E-state index contributed by atoms with van der Waals surface area (Å²) in [5, 5.41) is 4.07. The first kappa shape index (κ1) is 13.3. The zero-order valence-corrected chi connectivity index (χ0v) is 12.2. The number of hydrogen-bond acceptors (Lipinski definition) is 5. The first-order valence-electron chi connectivity index (χ1n) is 6.30. The van der Waals surface area contributed by atoms with Gasteiger partial charge in [0, 0.05) is 13.1 Å². The third-order valence-corrected chi connectivity index (χ3v) is 4.89. The normalized spacial score (nSPS) is 20.0. The van der Waals surface area contributed by atoms with Crippen LogP contribution in [0.4, 0.5) is 0 Å². The fourth-order valence-electron chi connectivity index (χ4n) is 2.60. The third kappa shape index (κ3) is 2.22. The SMILES string of the molecule is CC1c2ncc(Cn3cncn3)n2CCN1S(C)(=O)=O. The number of sulfonamides is 1. The summed E-state index contributed by atoms with van der Waals surface area (Å²) in [6.45, 7) is 3.52. The van der Waals surface area contributed by atoms with Crippen LogP contribution in [0.5, 0.6) is 0 Å². The molecule has 1 unspecified atom stereocenters. The molecule has 0 fully saturated rings. The molecule has 3 rings (SSSR count). The highest BCUT2D eigenvalue weighted by Crippen LogP contribution is 2.27.